The van der Waals surface area contributed by atoms with E-state index in [4.69, 9.17) is 14.2 Å². The summed E-state index contributed by atoms with van der Waals surface area (Å²) in [5, 5.41) is 0. The minimum atomic E-state index is -0.815. The second-order valence-electron chi connectivity index (χ2n) is 15.6. The summed E-state index contributed by atoms with van der Waals surface area (Å²) in [4.78, 5) is 37.8. The smallest absolute Gasteiger partial charge is 0.306 e. The third-order valence-corrected chi connectivity index (χ3v) is 9.74. The van der Waals surface area contributed by atoms with Crippen molar-refractivity contribution < 1.29 is 28.6 Å². The van der Waals surface area contributed by atoms with Gasteiger partial charge in [0, 0.05) is 19.3 Å². The summed E-state index contributed by atoms with van der Waals surface area (Å²) in [6.45, 7) is 6.29. The summed E-state index contributed by atoms with van der Waals surface area (Å²) < 4.78 is 16.7. The van der Waals surface area contributed by atoms with Gasteiger partial charge in [-0.25, -0.2) is 0 Å². The summed E-state index contributed by atoms with van der Waals surface area (Å²) in [6, 6.07) is 0. The Morgan fingerprint density at radius 2 is 0.639 bits per heavy atom. The van der Waals surface area contributed by atoms with Gasteiger partial charge in [-0.3, -0.25) is 14.4 Å². The van der Waals surface area contributed by atoms with E-state index >= 15 is 0 Å². The summed E-state index contributed by atoms with van der Waals surface area (Å²) in [5.74, 6) is -1.00. The quantitative estimate of drug-likeness (QED) is 0.0264. The first-order valence-corrected chi connectivity index (χ1v) is 24.4. The topological polar surface area (TPSA) is 78.9 Å². The maximum absolute atomic E-state index is 12.7. The van der Waals surface area contributed by atoms with E-state index < -0.39 is 6.10 Å². The highest BCUT2D eigenvalue weighted by Crippen LogP contribution is 2.12. The first-order chi connectivity index (χ1) is 30.0. The fourth-order valence-corrected chi connectivity index (χ4v) is 6.12. The average Bonchev–Trinajstić information content (AvgIpc) is 3.26. The Balaban J connectivity index is 4.49. The van der Waals surface area contributed by atoms with Crippen LogP contribution in [-0.2, 0) is 28.6 Å². The normalized spacial score (nSPS) is 13.0. The number of unbranched alkanes of at least 4 members (excludes halogenated alkanes) is 13. The summed E-state index contributed by atoms with van der Waals surface area (Å²) in [7, 11) is 0. The van der Waals surface area contributed by atoms with Crippen LogP contribution < -0.4 is 0 Å². The summed E-state index contributed by atoms with van der Waals surface area (Å²) in [5.41, 5.74) is 0. The molecule has 0 aliphatic carbocycles. The maximum Gasteiger partial charge on any atom is 0.306 e. The molecule has 0 aromatic heterocycles. The standard InChI is InChI=1S/C55H88O6/c1-4-7-10-13-16-19-22-25-26-27-28-29-30-31-34-36-39-42-45-48-54(57)60-51-52(61-55(58)49-46-43-40-37-33-24-21-18-15-12-9-6-3)50-59-53(56)47-44-41-38-35-32-23-20-17-14-11-8-5-2/h7,9-10,12,16-21,25-26,28-29,31,33-34,37,52H,4-6,8,11,13-15,22-24,27,30,32,35-36,38-51H2,1-3H3/b10-7-,12-9-,19-16-,20-17-,21-18-,26-25-,29-28-,34-31-,37-33-. The summed E-state index contributed by atoms with van der Waals surface area (Å²) >= 11 is 0. The third-order valence-electron chi connectivity index (χ3n) is 9.74. The van der Waals surface area contributed by atoms with Crippen LogP contribution in [0.4, 0.5) is 0 Å². The zero-order valence-electron chi connectivity index (χ0n) is 39.1. The Hall–Kier alpha value is -3.93. The van der Waals surface area contributed by atoms with Crippen molar-refractivity contribution in [2.24, 2.45) is 0 Å². The molecule has 0 radical (unpaired) electrons. The van der Waals surface area contributed by atoms with Gasteiger partial charge in [0.05, 0.1) is 0 Å². The molecule has 1 unspecified atom stereocenters. The number of rotatable bonds is 42. The lowest BCUT2D eigenvalue weighted by atomic mass is 10.1. The van der Waals surface area contributed by atoms with Crippen molar-refractivity contribution >= 4 is 17.9 Å². The van der Waals surface area contributed by atoms with Gasteiger partial charge in [-0.2, -0.15) is 0 Å². The average molecular weight is 845 g/mol. The van der Waals surface area contributed by atoms with Gasteiger partial charge in [-0.1, -0.05) is 169 Å². The number of allylic oxidation sites excluding steroid dienone is 18. The molecule has 1 atom stereocenters. The van der Waals surface area contributed by atoms with E-state index in [0.29, 0.717) is 19.3 Å². The lowest BCUT2D eigenvalue weighted by molar-refractivity contribution is -0.167. The van der Waals surface area contributed by atoms with Crippen LogP contribution in [0.2, 0.25) is 0 Å². The van der Waals surface area contributed by atoms with Gasteiger partial charge in [0.1, 0.15) is 13.2 Å². The lowest BCUT2D eigenvalue weighted by Gasteiger charge is -2.18. The SMILES string of the molecule is CC/C=C\C/C=C\C/C=C\C/C=C\C/C=C\CCCCCC(=O)OCC(COC(=O)CCCCCCC/C=C\CCCCC)OC(=O)CCCC/C=C\C/C=C\C/C=C\CC. The lowest BCUT2D eigenvalue weighted by Crippen LogP contribution is -2.30. The molecule has 0 amide bonds. The molecule has 0 aliphatic heterocycles. The van der Waals surface area contributed by atoms with Gasteiger partial charge < -0.3 is 14.2 Å². The second-order valence-corrected chi connectivity index (χ2v) is 15.6. The van der Waals surface area contributed by atoms with Crippen LogP contribution in [0.3, 0.4) is 0 Å². The van der Waals surface area contributed by atoms with Crippen LogP contribution in [-0.4, -0.2) is 37.2 Å². The Morgan fingerprint density at radius 1 is 0.344 bits per heavy atom. The minimum absolute atomic E-state index is 0.111. The molecule has 6 heteroatoms. The molecule has 0 heterocycles. The number of carbonyl (C=O) groups is 3. The molecule has 0 spiro atoms. The van der Waals surface area contributed by atoms with E-state index in [1.165, 1.54) is 32.1 Å². The first-order valence-electron chi connectivity index (χ1n) is 24.4. The molecule has 6 nitrogen and oxygen atoms in total. The van der Waals surface area contributed by atoms with E-state index in [1.54, 1.807) is 0 Å². The molecule has 0 aromatic carbocycles. The van der Waals surface area contributed by atoms with E-state index in [2.05, 4.69) is 130 Å². The van der Waals surface area contributed by atoms with Crippen LogP contribution in [0.15, 0.2) is 109 Å². The Labute approximate surface area is 374 Å². The Kier molecular flexibility index (Phi) is 45.6. The predicted molar refractivity (Wildman–Crippen MR) is 260 cm³/mol. The van der Waals surface area contributed by atoms with Crippen molar-refractivity contribution in [2.75, 3.05) is 13.2 Å². The fourth-order valence-electron chi connectivity index (χ4n) is 6.12. The highest BCUT2D eigenvalue weighted by Gasteiger charge is 2.19. The van der Waals surface area contributed by atoms with Crippen molar-refractivity contribution in [1.29, 1.82) is 0 Å². The zero-order valence-corrected chi connectivity index (χ0v) is 39.1. The highest BCUT2D eigenvalue weighted by atomic mass is 16.6. The van der Waals surface area contributed by atoms with Crippen LogP contribution in [0.5, 0.6) is 0 Å². The molecule has 0 bridgehead atoms. The van der Waals surface area contributed by atoms with Crippen molar-refractivity contribution in [1.82, 2.24) is 0 Å². The van der Waals surface area contributed by atoms with E-state index in [-0.39, 0.29) is 37.5 Å². The Morgan fingerprint density at radius 3 is 1.07 bits per heavy atom. The Bertz CT molecular complexity index is 1290. The van der Waals surface area contributed by atoms with Crippen LogP contribution in [0.1, 0.15) is 201 Å². The molecule has 344 valence electrons. The van der Waals surface area contributed by atoms with Crippen LogP contribution in [0, 0.1) is 0 Å². The van der Waals surface area contributed by atoms with E-state index in [9.17, 15) is 14.4 Å². The van der Waals surface area contributed by atoms with Crippen LogP contribution >= 0.6 is 0 Å². The van der Waals surface area contributed by atoms with E-state index in [0.717, 1.165) is 122 Å². The van der Waals surface area contributed by atoms with Gasteiger partial charge in [0.15, 0.2) is 6.10 Å². The van der Waals surface area contributed by atoms with E-state index in [1.807, 2.05) is 0 Å². The number of hydrogen-bond donors (Lipinski definition) is 0. The zero-order chi connectivity index (χ0) is 44.4. The molecule has 0 rings (SSSR count). The van der Waals surface area contributed by atoms with Crippen LogP contribution in [0.25, 0.3) is 0 Å². The predicted octanol–water partition coefficient (Wildman–Crippen LogP) is 16.0. The molecule has 61 heavy (non-hydrogen) atoms. The van der Waals surface area contributed by atoms with Crippen molar-refractivity contribution in [3.8, 4) is 0 Å². The number of esters is 3. The number of ether oxygens (including phenoxy) is 3. The molecule has 0 saturated carbocycles. The van der Waals surface area contributed by atoms with Gasteiger partial charge in [0.25, 0.3) is 0 Å². The molecule has 0 saturated heterocycles. The molecular formula is C55H88O6. The molecule has 0 aromatic rings. The van der Waals surface area contributed by atoms with Crippen molar-refractivity contribution in [3.05, 3.63) is 109 Å². The summed E-state index contributed by atoms with van der Waals surface area (Å²) in [6.07, 6.45) is 65.0. The van der Waals surface area contributed by atoms with Gasteiger partial charge in [-0.15, -0.1) is 0 Å². The monoisotopic (exact) mass is 845 g/mol. The maximum atomic E-state index is 12.7. The molecule has 0 fully saturated rings. The number of carbonyl (C=O) groups excluding carboxylic acids is 3. The van der Waals surface area contributed by atoms with Crippen molar-refractivity contribution in [3.63, 3.8) is 0 Å². The highest BCUT2D eigenvalue weighted by molar-refractivity contribution is 5.71. The number of hydrogen-bond acceptors (Lipinski definition) is 6. The minimum Gasteiger partial charge on any atom is -0.462 e. The fraction of sp³-hybridized carbons (Fsp3) is 0.618. The molecule has 0 N–H and O–H groups in total. The third kappa shape index (κ3) is 47.0. The van der Waals surface area contributed by atoms with Crippen molar-refractivity contribution in [2.45, 2.75) is 207 Å². The second kappa shape index (κ2) is 48.7. The van der Waals surface area contributed by atoms with Gasteiger partial charge in [0.2, 0.25) is 0 Å². The largest absolute Gasteiger partial charge is 0.462 e. The molecular weight excluding hydrogens is 757 g/mol. The van der Waals surface area contributed by atoms with Gasteiger partial charge in [-0.05, 0) is 122 Å². The first kappa shape index (κ1) is 57.1. The molecule has 0 aliphatic rings. The van der Waals surface area contributed by atoms with Gasteiger partial charge >= 0.3 is 17.9 Å².